The Bertz CT molecular complexity index is 1060. The van der Waals surface area contributed by atoms with Crippen LogP contribution in [0.5, 0.6) is 11.5 Å². The fourth-order valence-corrected chi connectivity index (χ4v) is 4.98. The molecule has 166 valence electrons. The number of benzene rings is 3. The number of alkyl halides is 2. The smallest absolute Gasteiger partial charge is 0.326 e. The van der Waals surface area contributed by atoms with Crippen LogP contribution < -0.4 is 9.47 Å². The Hall–Kier alpha value is -1.59. The summed E-state index contributed by atoms with van der Waals surface area (Å²) in [6.45, 7) is 5.43. The summed E-state index contributed by atoms with van der Waals surface area (Å²) in [6, 6.07) is 25.5. The molecule has 0 fully saturated rings. The summed E-state index contributed by atoms with van der Waals surface area (Å²) in [5, 5.41) is 0. The Morgan fingerprint density at radius 1 is 0.781 bits per heavy atom. The Kier molecular flexibility index (Phi) is 8.62. The van der Waals surface area contributed by atoms with Crippen molar-refractivity contribution in [2.24, 2.45) is 0 Å². The zero-order valence-corrected chi connectivity index (χ0v) is 23.0. The van der Waals surface area contributed by atoms with Gasteiger partial charge in [-0.3, -0.25) is 9.59 Å². The van der Waals surface area contributed by atoms with E-state index < -0.39 is 3.42 Å². The lowest BCUT2D eigenvalue weighted by atomic mass is 10.2. The SMILES string of the molecule is CC(I)C(=O)Oc1ccc([S+](c2ccccc2)c2ccc(OC(=O)C(C)(C)I)cc2)cc1. The first kappa shape index (κ1) is 25.0. The van der Waals surface area contributed by atoms with Crippen LogP contribution in [-0.2, 0) is 20.5 Å². The largest absolute Gasteiger partial charge is 0.426 e. The molecule has 0 aromatic heterocycles. The van der Waals surface area contributed by atoms with Crippen LogP contribution in [0.25, 0.3) is 0 Å². The van der Waals surface area contributed by atoms with E-state index in [1.807, 2.05) is 103 Å². The topological polar surface area (TPSA) is 52.6 Å². The van der Waals surface area contributed by atoms with E-state index in [2.05, 4.69) is 34.7 Å². The van der Waals surface area contributed by atoms with Gasteiger partial charge in [-0.25, -0.2) is 0 Å². The summed E-state index contributed by atoms with van der Waals surface area (Å²) in [4.78, 5) is 27.4. The van der Waals surface area contributed by atoms with E-state index in [0.717, 1.165) is 14.7 Å². The van der Waals surface area contributed by atoms with E-state index in [4.69, 9.17) is 9.47 Å². The lowest BCUT2D eigenvalue weighted by molar-refractivity contribution is -0.135. The fraction of sp³-hybridized carbons (Fsp3) is 0.200. The molecule has 7 heteroatoms. The second kappa shape index (κ2) is 11.0. The molecule has 32 heavy (non-hydrogen) atoms. The van der Waals surface area contributed by atoms with E-state index in [-0.39, 0.29) is 26.8 Å². The van der Waals surface area contributed by atoms with Crippen LogP contribution in [0.3, 0.4) is 0 Å². The van der Waals surface area contributed by atoms with Crippen molar-refractivity contribution in [2.45, 2.75) is 42.8 Å². The zero-order chi connectivity index (χ0) is 23.3. The fourth-order valence-electron chi connectivity index (χ4n) is 2.68. The highest BCUT2D eigenvalue weighted by atomic mass is 127. The van der Waals surface area contributed by atoms with Crippen molar-refractivity contribution in [3.05, 3.63) is 78.9 Å². The average Bonchev–Trinajstić information content (AvgIpc) is 2.76. The van der Waals surface area contributed by atoms with Crippen molar-refractivity contribution < 1.29 is 19.1 Å². The van der Waals surface area contributed by atoms with Gasteiger partial charge in [-0.15, -0.1) is 0 Å². The number of halogens is 2. The average molecular weight is 673 g/mol. The van der Waals surface area contributed by atoms with E-state index >= 15 is 0 Å². The maximum atomic E-state index is 12.2. The molecule has 0 aliphatic heterocycles. The first-order chi connectivity index (χ1) is 15.1. The maximum Gasteiger partial charge on any atom is 0.326 e. The number of hydrogen-bond donors (Lipinski definition) is 0. The van der Waals surface area contributed by atoms with Crippen LogP contribution in [0.15, 0.2) is 93.5 Å². The Morgan fingerprint density at radius 3 is 1.66 bits per heavy atom. The van der Waals surface area contributed by atoms with Crippen LogP contribution in [0.1, 0.15) is 20.8 Å². The van der Waals surface area contributed by atoms with Gasteiger partial charge in [-0.1, -0.05) is 63.4 Å². The van der Waals surface area contributed by atoms with Gasteiger partial charge in [0.1, 0.15) is 18.8 Å². The predicted octanol–water partition coefficient (Wildman–Crippen LogP) is 6.63. The Balaban J connectivity index is 1.89. The van der Waals surface area contributed by atoms with Crippen molar-refractivity contribution >= 4 is 68.0 Å². The standard InChI is InChI=1S/C25H23I2O4S/c1-17(26)23(28)30-18-9-13-21(14-10-18)32(20-7-5-4-6-8-20)22-15-11-19(12-16-22)31-24(29)25(2,3)27/h4-17H,1-3H3/q+1. The molecule has 2 unspecified atom stereocenters. The maximum absolute atomic E-state index is 12.2. The highest BCUT2D eigenvalue weighted by molar-refractivity contribution is 14.1. The minimum absolute atomic E-state index is 0.211. The molecule has 2 atom stereocenters. The van der Waals surface area contributed by atoms with Crippen molar-refractivity contribution in [1.82, 2.24) is 0 Å². The van der Waals surface area contributed by atoms with Gasteiger partial charge < -0.3 is 9.47 Å². The van der Waals surface area contributed by atoms with Crippen molar-refractivity contribution in [3.63, 3.8) is 0 Å². The van der Waals surface area contributed by atoms with Gasteiger partial charge in [0.15, 0.2) is 14.7 Å². The van der Waals surface area contributed by atoms with E-state index in [1.165, 1.54) is 0 Å². The van der Waals surface area contributed by atoms with E-state index in [9.17, 15) is 9.59 Å². The summed E-state index contributed by atoms with van der Waals surface area (Å²) in [5.41, 5.74) is 0. The van der Waals surface area contributed by atoms with Crippen LogP contribution in [0.2, 0.25) is 0 Å². The minimum atomic E-state index is -0.592. The molecule has 3 rings (SSSR count). The van der Waals surface area contributed by atoms with Crippen molar-refractivity contribution in [3.8, 4) is 11.5 Å². The van der Waals surface area contributed by atoms with Gasteiger partial charge >= 0.3 is 11.9 Å². The molecule has 0 radical (unpaired) electrons. The number of rotatable bonds is 7. The third-order valence-corrected chi connectivity index (χ3v) is 7.52. The molecule has 4 nitrogen and oxygen atoms in total. The van der Waals surface area contributed by atoms with Gasteiger partial charge in [0.2, 0.25) is 0 Å². The molecule has 0 bridgehead atoms. The molecule has 3 aromatic rings. The monoisotopic (exact) mass is 673 g/mol. The summed E-state index contributed by atoms with van der Waals surface area (Å²) < 4.78 is 10.1. The van der Waals surface area contributed by atoms with Gasteiger partial charge in [-0.05, 0) is 81.4 Å². The van der Waals surface area contributed by atoms with Gasteiger partial charge in [0.05, 0.1) is 10.9 Å². The molecule has 0 heterocycles. The molecule has 0 amide bonds. The van der Waals surface area contributed by atoms with Crippen molar-refractivity contribution in [2.75, 3.05) is 0 Å². The number of esters is 2. The molecule has 0 N–H and O–H groups in total. The minimum Gasteiger partial charge on any atom is -0.426 e. The van der Waals surface area contributed by atoms with Crippen molar-refractivity contribution in [1.29, 1.82) is 0 Å². The van der Waals surface area contributed by atoms with Gasteiger partial charge in [0, 0.05) is 0 Å². The number of ether oxygens (including phenoxy) is 2. The van der Waals surface area contributed by atoms with Crippen LogP contribution >= 0.6 is 45.2 Å². The van der Waals surface area contributed by atoms with Crippen LogP contribution in [-0.4, -0.2) is 19.3 Å². The first-order valence-corrected chi connectivity index (χ1v) is 13.5. The molecular formula is C25H23I2O4S+. The molecular weight excluding hydrogens is 650 g/mol. The quantitative estimate of drug-likeness (QED) is 0.0930. The number of carbonyl (C=O) groups is 2. The summed E-state index contributed by atoms with van der Waals surface area (Å²) >= 11 is 4.11. The highest BCUT2D eigenvalue weighted by Gasteiger charge is 2.30. The third-order valence-electron chi connectivity index (χ3n) is 4.34. The molecule has 0 spiro atoms. The van der Waals surface area contributed by atoms with Gasteiger partial charge in [-0.2, -0.15) is 0 Å². The molecule has 0 aliphatic carbocycles. The number of carbonyl (C=O) groups excluding carboxylic acids is 2. The third kappa shape index (κ3) is 6.71. The van der Waals surface area contributed by atoms with Crippen LogP contribution in [0, 0.1) is 0 Å². The Labute approximate surface area is 218 Å². The van der Waals surface area contributed by atoms with Gasteiger partial charge in [0.25, 0.3) is 0 Å². The molecule has 0 saturated heterocycles. The summed E-state index contributed by atoms with van der Waals surface area (Å²) in [7, 11) is -0.366. The molecule has 3 aromatic carbocycles. The summed E-state index contributed by atoms with van der Waals surface area (Å²) in [6.07, 6.45) is 0. The number of hydrogen-bond acceptors (Lipinski definition) is 4. The lowest BCUT2D eigenvalue weighted by Gasteiger charge is -2.15. The van der Waals surface area contributed by atoms with E-state index in [1.54, 1.807) is 6.92 Å². The normalized spacial score (nSPS) is 13.2. The molecule has 0 saturated carbocycles. The Morgan fingerprint density at radius 2 is 1.22 bits per heavy atom. The van der Waals surface area contributed by atoms with Crippen LogP contribution in [0.4, 0.5) is 0 Å². The highest BCUT2D eigenvalue weighted by Crippen LogP contribution is 2.33. The first-order valence-electron chi connectivity index (χ1n) is 9.91. The second-order valence-corrected chi connectivity index (χ2v) is 14.1. The summed E-state index contributed by atoms with van der Waals surface area (Å²) in [5.74, 6) is 0.511. The van der Waals surface area contributed by atoms with E-state index in [0.29, 0.717) is 11.5 Å². The lowest BCUT2D eigenvalue weighted by Crippen LogP contribution is -2.28. The second-order valence-electron chi connectivity index (χ2n) is 7.46. The molecule has 0 aliphatic rings. The predicted molar refractivity (Wildman–Crippen MR) is 144 cm³/mol. The zero-order valence-electron chi connectivity index (χ0n) is 17.9.